The van der Waals surface area contributed by atoms with E-state index in [0.717, 1.165) is 17.2 Å². The second kappa shape index (κ2) is 12.1. The van der Waals surface area contributed by atoms with Gasteiger partial charge in [-0.2, -0.15) is 13.2 Å². The van der Waals surface area contributed by atoms with Crippen LogP contribution in [0.15, 0.2) is 52.8 Å². The van der Waals surface area contributed by atoms with Crippen molar-refractivity contribution in [1.82, 2.24) is 15.2 Å². The lowest BCUT2D eigenvalue weighted by Crippen LogP contribution is -2.58. The first-order valence-corrected chi connectivity index (χ1v) is 13.8. The highest BCUT2D eigenvalue weighted by Gasteiger charge is 2.47. The fourth-order valence-electron chi connectivity index (χ4n) is 4.92. The zero-order valence-electron chi connectivity index (χ0n) is 22.4. The Hall–Kier alpha value is -3.28. The Morgan fingerprint density at radius 1 is 1.25 bits per heavy atom. The van der Waals surface area contributed by atoms with Crippen LogP contribution in [0.25, 0.3) is 10.4 Å². The van der Waals surface area contributed by atoms with Crippen LogP contribution < -0.4 is 10.1 Å². The molecule has 3 heterocycles. The summed E-state index contributed by atoms with van der Waals surface area (Å²) in [6.07, 6.45) is -0.146. The average molecular weight is 583 g/mol. The van der Waals surface area contributed by atoms with Gasteiger partial charge in [-0.05, 0) is 55.9 Å². The summed E-state index contributed by atoms with van der Waals surface area (Å²) >= 11 is 1.28. The van der Waals surface area contributed by atoms with E-state index in [0.29, 0.717) is 34.0 Å². The number of nitrogens with one attached hydrogen (secondary N) is 1. The number of thiazole rings is 1. The van der Waals surface area contributed by atoms with E-state index in [2.05, 4.69) is 15.3 Å². The molecule has 0 spiro atoms. The summed E-state index contributed by atoms with van der Waals surface area (Å²) in [5.74, 6) is -3.55. The van der Waals surface area contributed by atoms with Crippen molar-refractivity contribution in [2.24, 2.45) is 10.9 Å². The van der Waals surface area contributed by atoms with Crippen LogP contribution in [0.5, 0.6) is 5.75 Å². The SMILES string of the molecule is COc1cccc(-c2sc(C)nc2C(=O)N2CC(F)(F)C[C@@H](C)C2CNC2=C/CCC/C=C(C(F)(F)F)/C=N\2)c1. The fraction of sp³-hybridized carbons (Fsp3) is 0.464. The number of carbonyl (C=O) groups excluding carboxylic acids is 1. The molecule has 4 rings (SSSR count). The number of rotatable bonds is 6. The first kappa shape index (κ1) is 29.7. The molecule has 1 saturated heterocycles. The molecule has 0 saturated carbocycles. The lowest BCUT2D eigenvalue weighted by molar-refractivity contribution is -0.0913. The van der Waals surface area contributed by atoms with Crippen molar-refractivity contribution >= 4 is 23.5 Å². The van der Waals surface area contributed by atoms with E-state index in [-0.39, 0.29) is 24.5 Å². The van der Waals surface area contributed by atoms with Gasteiger partial charge in [0.2, 0.25) is 0 Å². The number of halogens is 5. The molecule has 2 aliphatic rings. The molecular formula is C28H31F5N4O2S. The topological polar surface area (TPSA) is 66.8 Å². The molecule has 40 heavy (non-hydrogen) atoms. The van der Waals surface area contributed by atoms with Crippen molar-refractivity contribution < 1.29 is 31.5 Å². The zero-order valence-corrected chi connectivity index (χ0v) is 23.2. The lowest BCUT2D eigenvalue weighted by atomic mass is 9.88. The molecule has 1 N–H and O–H groups in total. The van der Waals surface area contributed by atoms with Gasteiger partial charge in [-0.1, -0.05) is 25.1 Å². The number of hydrogen-bond acceptors (Lipinski definition) is 6. The van der Waals surface area contributed by atoms with Crippen LogP contribution in [-0.4, -0.2) is 60.3 Å². The number of methoxy groups -OCH3 is 1. The van der Waals surface area contributed by atoms with E-state index in [1.54, 1.807) is 44.2 Å². The predicted octanol–water partition coefficient (Wildman–Crippen LogP) is 6.79. The fourth-order valence-corrected chi connectivity index (χ4v) is 5.83. The summed E-state index contributed by atoms with van der Waals surface area (Å²) in [5.41, 5.74) is -0.0859. The number of aromatic nitrogens is 1. The maximum atomic E-state index is 14.8. The number of amides is 1. The Morgan fingerprint density at radius 3 is 2.73 bits per heavy atom. The van der Waals surface area contributed by atoms with Gasteiger partial charge >= 0.3 is 6.18 Å². The summed E-state index contributed by atoms with van der Waals surface area (Å²) < 4.78 is 74.7. The van der Waals surface area contributed by atoms with Crippen LogP contribution in [0.1, 0.15) is 48.1 Å². The highest BCUT2D eigenvalue weighted by molar-refractivity contribution is 7.15. The van der Waals surface area contributed by atoms with Crippen molar-refractivity contribution in [3.8, 4) is 16.2 Å². The minimum absolute atomic E-state index is 0.0365. The molecule has 1 aromatic carbocycles. The molecule has 0 aliphatic carbocycles. The summed E-state index contributed by atoms with van der Waals surface area (Å²) in [7, 11) is 1.52. The summed E-state index contributed by atoms with van der Waals surface area (Å²) in [5, 5.41) is 3.62. The lowest BCUT2D eigenvalue weighted by Gasteiger charge is -2.43. The Bertz CT molecular complexity index is 1320. The monoisotopic (exact) mass is 582 g/mol. The predicted molar refractivity (Wildman–Crippen MR) is 145 cm³/mol. The minimum Gasteiger partial charge on any atom is -0.497 e. The second-order valence-electron chi connectivity index (χ2n) is 10.00. The van der Waals surface area contributed by atoms with Crippen molar-refractivity contribution in [2.45, 2.75) is 57.7 Å². The van der Waals surface area contributed by atoms with E-state index in [1.807, 2.05) is 0 Å². The average Bonchev–Trinajstić information content (AvgIpc) is 3.33. The van der Waals surface area contributed by atoms with E-state index < -0.39 is 48.5 Å². The van der Waals surface area contributed by atoms with Gasteiger partial charge in [-0.3, -0.25) is 4.79 Å². The maximum Gasteiger partial charge on any atom is 0.417 e. The van der Waals surface area contributed by atoms with Crippen molar-refractivity contribution in [2.75, 3.05) is 20.2 Å². The number of hydrogen-bond donors (Lipinski definition) is 1. The highest BCUT2D eigenvalue weighted by Crippen LogP contribution is 2.38. The van der Waals surface area contributed by atoms with Crippen LogP contribution >= 0.6 is 11.3 Å². The van der Waals surface area contributed by atoms with Gasteiger partial charge in [-0.15, -0.1) is 11.3 Å². The number of ether oxygens (including phenoxy) is 1. The molecule has 1 fully saturated rings. The normalized spacial score (nSPS) is 24.9. The van der Waals surface area contributed by atoms with Gasteiger partial charge in [0.25, 0.3) is 11.8 Å². The summed E-state index contributed by atoms with van der Waals surface area (Å²) in [6.45, 7) is 2.62. The Labute approximate surface area is 233 Å². The largest absolute Gasteiger partial charge is 0.497 e. The summed E-state index contributed by atoms with van der Waals surface area (Å²) in [4.78, 5) is 23.9. The smallest absolute Gasteiger partial charge is 0.417 e. The van der Waals surface area contributed by atoms with E-state index >= 15 is 0 Å². The maximum absolute atomic E-state index is 14.8. The van der Waals surface area contributed by atoms with E-state index in [1.165, 1.54) is 18.4 Å². The quantitative estimate of drug-likeness (QED) is 0.381. The van der Waals surface area contributed by atoms with Gasteiger partial charge in [0, 0.05) is 19.2 Å². The molecule has 1 aromatic heterocycles. The molecule has 216 valence electrons. The number of aryl methyl sites for hydroxylation is 1. The minimum atomic E-state index is -4.53. The molecule has 2 aliphatic heterocycles. The number of carbonyl (C=O) groups is 1. The molecule has 6 nitrogen and oxygen atoms in total. The number of aliphatic imine (C=N–C) groups is 1. The van der Waals surface area contributed by atoms with Crippen molar-refractivity contribution in [3.05, 3.63) is 58.5 Å². The van der Waals surface area contributed by atoms with E-state index in [4.69, 9.17) is 4.74 Å². The van der Waals surface area contributed by atoms with E-state index in [9.17, 15) is 26.7 Å². The van der Waals surface area contributed by atoms with Crippen LogP contribution in [0.3, 0.4) is 0 Å². The van der Waals surface area contributed by atoms with Gasteiger partial charge in [0.15, 0.2) is 0 Å². The first-order chi connectivity index (χ1) is 18.9. The summed E-state index contributed by atoms with van der Waals surface area (Å²) in [6, 6.07) is 6.40. The molecule has 1 amide bonds. The molecule has 1 unspecified atom stereocenters. The molecule has 0 bridgehead atoms. The van der Waals surface area contributed by atoms with Gasteiger partial charge < -0.3 is 15.0 Å². The van der Waals surface area contributed by atoms with Crippen LogP contribution in [0.2, 0.25) is 0 Å². The first-order valence-electron chi connectivity index (χ1n) is 12.9. The third-order valence-corrected chi connectivity index (χ3v) is 7.90. The standard InChI is InChI=1S/C28H31F5N4O2S/c1-17-13-27(29,30)16-37(22(17)15-35-23-11-6-4-5-9-20(14-34-23)28(31,32)33)26(38)24-25(40-18(2)36-24)19-8-7-10-21(12-19)39-3/h7-12,14,17,22,35H,4-6,13,15-16H2,1-3H3/b20-9-,23-11+,34-14-/t17-,22?/m1/s1. The Balaban J connectivity index is 1.61. The Morgan fingerprint density at radius 2 is 2.00 bits per heavy atom. The molecular weight excluding hydrogens is 551 g/mol. The van der Waals surface area contributed by atoms with Crippen LogP contribution in [0.4, 0.5) is 22.0 Å². The van der Waals surface area contributed by atoms with Gasteiger partial charge in [-0.25, -0.2) is 18.8 Å². The number of alkyl halides is 5. The zero-order chi connectivity index (χ0) is 29.1. The second-order valence-corrected chi connectivity index (χ2v) is 11.2. The van der Waals surface area contributed by atoms with Gasteiger partial charge in [0.1, 0.15) is 17.3 Å². The number of allylic oxidation sites excluding steroid dienone is 3. The molecule has 2 aromatic rings. The van der Waals surface area contributed by atoms with Crippen molar-refractivity contribution in [3.63, 3.8) is 0 Å². The number of likely N-dealkylation sites (tertiary alicyclic amines) is 1. The van der Waals surface area contributed by atoms with Crippen LogP contribution in [-0.2, 0) is 0 Å². The Kier molecular flexibility index (Phi) is 8.96. The third kappa shape index (κ3) is 7.07. The number of nitrogens with zero attached hydrogens (tertiary/aromatic N) is 3. The van der Waals surface area contributed by atoms with Crippen molar-refractivity contribution in [1.29, 1.82) is 0 Å². The molecule has 0 radical (unpaired) electrons. The molecule has 12 heteroatoms. The molecule has 2 atom stereocenters. The third-order valence-electron chi connectivity index (χ3n) is 6.88. The highest BCUT2D eigenvalue weighted by atomic mass is 32.1. The number of benzene rings is 1. The number of piperidine rings is 1. The van der Waals surface area contributed by atoms with Crippen LogP contribution in [0, 0.1) is 12.8 Å². The van der Waals surface area contributed by atoms with Gasteiger partial charge in [0.05, 0.1) is 35.2 Å².